The molecule has 2 heteroatoms. The minimum Gasteiger partial charge on any atom is -0.448 e. The first-order valence-electron chi connectivity index (χ1n) is 11.6. The molecule has 0 aliphatic carbocycles. The molecular weight excluding hydrogens is 366 g/mol. The summed E-state index contributed by atoms with van der Waals surface area (Å²) in [4.78, 5) is 0. The molecule has 0 aliphatic heterocycles. The summed E-state index contributed by atoms with van der Waals surface area (Å²) in [5.74, 6) is 0. The van der Waals surface area contributed by atoms with E-state index in [0.717, 1.165) is 44.3 Å². The Morgan fingerprint density at radius 1 is 0.733 bits per heavy atom. The molecule has 0 unspecified atom stereocenters. The Hall–Kier alpha value is -3.65. The summed E-state index contributed by atoms with van der Waals surface area (Å²) in [5, 5.41) is 6.80. The van der Waals surface area contributed by atoms with Crippen molar-refractivity contribution in [3.8, 4) is 5.69 Å². The largest absolute Gasteiger partial charge is 0.448 e. The lowest BCUT2D eigenvalue weighted by atomic mass is 9.99. The van der Waals surface area contributed by atoms with Crippen LogP contribution < -0.4 is 4.57 Å². The van der Waals surface area contributed by atoms with Crippen LogP contribution in [0.4, 0.5) is 0 Å². The fourth-order valence-corrected chi connectivity index (χ4v) is 4.64. The van der Waals surface area contributed by atoms with Crippen LogP contribution in [0, 0.1) is 20.7 Å². The van der Waals surface area contributed by atoms with Crippen molar-refractivity contribution in [2.24, 2.45) is 0 Å². The minimum absolute atomic E-state index is 0.337. The topological polar surface area (TPSA) is 17.0 Å². The fourth-order valence-electron chi connectivity index (χ4n) is 4.64. The van der Waals surface area contributed by atoms with Crippen LogP contribution in [0.15, 0.2) is 83.4 Å². The van der Waals surface area contributed by atoms with Crippen LogP contribution >= 0.6 is 0 Å². The maximum atomic E-state index is 7.73. The summed E-state index contributed by atoms with van der Waals surface area (Å²) in [6.07, 6.45) is 1.83. The van der Waals surface area contributed by atoms with Crippen molar-refractivity contribution in [3.63, 3.8) is 0 Å². The van der Waals surface area contributed by atoms with E-state index in [9.17, 15) is 0 Å². The molecule has 0 radical (unpaired) electrons. The van der Waals surface area contributed by atoms with Gasteiger partial charge in [0, 0.05) is 44.9 Å². The predicted octanol–water partition coefficient (Wildman–Crippen LogP) is 7.09. The Balaban J connectivity index is 1.68. The van der Waals surface area contributed by atoms with E-state index in [-0.39, 0.29) is 0 Å². The van der Waals surface area contributed by atoms with Crippen LogP contribution in [0.3, 0.4) is 0 Å². The highest BCUT2D eigenvalue weighted by Crippen LogP contribution is 2.38. The molecular formula is C28H22NO+. The third kappa shape index (κ3) is 2.34. The normalized spacial score (nSPS) is 13.7. The Morgan fingerprint density at radius 2 is 1.47 bits per heavy atom. The van der Waals surface area contributed by atoms with E-state index in [2.05, 4.69) is 67.6 Å². The molecule has 30 heavy (non-hydrogen) atoms. The number of hydrogen-bond donors (Lipinski definition) is 0. The summed E-state index contributed by atoms with van der Waals surface area (Å²) in [5.41, 5.74) is 4.86. The van der Waals surface area contributed by atoms with Crippen LogP contribution in [0.1, 0.15) is 20.9 Å². The van der Waals surface area contributed by atoms with Crippen molar-refractivity contribution in [1.29, 1.82) is 0 Å². The number of benzene rings is 4. The molecule has 0 fully saturated rings. The number of rotatable bonds is 1. The van der Waals surface area contributed by atoms with Gasteiger partial charge in [0.15, 0.2) is 11.9 Å². The highest BCUT2D eigenvalue weighted by Gasteiger charge is 2.23. The van der Waals surface area contributed by atoms with Gasteiger partial charge in [-0.25, -0.2) is 0 Å². The van der Waals surface area contributed by atoms with E-state index >= 15 is 0 Å². The number of aryl methyl sites for hydroxylation is 3. The number of furan rings is 1. The summed E-state index contributed by atoms with van der Waals surface area (Å²) >= 11 is 0. The molecule has 0 saturated carbocycles. The Labute approximate surface area is 179 Å². The third-order valence-corrected chi connectivity index (χ3v) is 6.09. The summed E-state index contributed by atoms with van der Waals surface area (Å²) in [6.45, 7) is 1.85. The zero-order valence-electron chi connectivity index (χ0n) is 19.9. The van der Waals surface area contributed by atoms with Gasteiger partial charge < -0.3 is 4.42 Å². The van der Waals surface area contributed by atoms with Gasteiger partial charge in [-0.15, -0.1) is 0 Å². The van der Waals surface area contributed by atoms with Gasteiger partial charge in [-0.3, -0.25) is 0 Å². The van der Waals surface area contributed by atoms with E-state index in [1.54, 1.807) is 12.1 Å². The molecule has 0 bridgehead atoms. The van der Waals surface area contributed by atoms with E-state index in [1.807, 2.05) is 17.7 Å². The van der Waals surface area contributed by atoms with Crippen LogP contribution in [0.2, 0.25) is 0 Å². The lowest BCUT2D eigenvalue weighted by molar-refractivity contribution is -0.602. The zero-order chi connectivity index (χ0) is 22.9. The summed E-state index contributed by atoms with van der Waals surface area (Å²) in [6, 6.07) is 24.6. The van der Waals surface area contributed by atoms with Crippen molar-refractivity contribution < 1.29 is 13.1 Å². The van der Waals surface area contributed by atoms with E-state index in [4.69, 9.17) is 8.53 Å². The molecule has 0 atom stereocenters. The van der Waals surface area contributed by atoms with Crippen molar-refractivity contribution in [2.75, 3.05) is 0 Å². The Kier molecular flexibility index (Phi) is 2.95. The molecule has 2 nitrogen and oxygen atoms in total. The van der Waals surface area contributed by atoms with Gasteiger partial charge in [0.2, 0.25) is 5.58 Å². The highest BCUT2D eigenvalue weighted by atomic mass is 16.3. The summed E-state index contributed by atoms with van der Waals surface area (Å²) < 4.78 is 31.8. The molecule has 6 aromatic rings. The molecule has 0 N–H and O–H groups in total. The van der Waals surface area contributed by atoms with Gasteiger partial charge in [-0.05, 0) is 53.7 Å². The third-order valence-electron chi connectivity index (χ3n) is 6.09. The zero-order valence-corrected chi connectivity index (χ0v) is 16.9. The van der Waals surface area contributed by atoms with Gasteiger partial charge >= 0.3 is 0 Å². The SMILES string of the molecule is [2H]C([2H])([2H])c1cc[n+](-c2c(C)ccc3c2oc2c3ccc3c4ccccc4ccc32)c(C)c1. The molecule has 0 saturated heterocycles. The number of fused-ring (bicyclic) bond motifs is 7. The monoisotopic (exact) mass is 391 g/mol. The van der Waals surface area contributed by atoms with E-state index < -0.39 is 6.85 Å². The number of aromatic nitrogens is 1. The first-order valence-corrected chi connectivity index (χ1v) is 10.1. The quantitative estimate of drug-likeness (QED) is 0.216. The molecule has 0 spiro atoms. The van der Waals surface area contributed by atoms with Gasteiger partial charge in [0.25, 0.3) is 5.69 Å². The van der Waals surface area contributed by atoms with Gasteiger partial charge in [0.05, 0.1) is 0 Å². The van der Waals surface area contributed by atoms with Gasteiger partial charge in [-0.2, -0.15) is 4.57 Å². The molecule has 144 valence electrons. The molecule has 6 rings (SSSR count). The first-order chi connectivity index (χ1) is 15.8. The average Bonchev–Trinajstić information content (AvgIpc) is 3.17. The number of nitrogens with zero attached hydrogens (tertiary/aromatic N) is 1. The number of hydrogen-bond acceptors (Lipinski definition) is 1. The van der Waals surface area contributed by atoms with Crippen molar-refractivity contribution in [1.82, 2.24) is 0 Å². The lowest BCUT2D eigenvalue weighted by Gasteiger charge is -2.04. The predicted molar refractivity (Wildman–Crippen MR) is 124 cm³/mol. The minimum atomic E-state index is -2.13. The maximum absolute atomic E-state index is 7.73. The molecule has 2 heterocycles. The number of pyridine rings is 1. The van der Waals surface area contributed by atoms with Crippen molar-refractivity contribution in [3.05, 3.63) is 95.8 Å². The van der Waals surface area contributed by atoms with Crippen LogP contribution in [-0.2, 0) is 0 Å². The summed E-state index contributed by atoms with van der Waals surface area (Å²) in [7, 11) is 0. The second-order valence-electron chi connectivity index (χ2n) is 7.96. The van der Waals surface area contributed by atoms with E-state index in [1.165, 1.54) is 16.2 Å². The highest BCUT2D eigenvalue weighted by molar-refractivity contribution is 6.21. The van der Waals surface area contributed by atoms with Crippen molar-refractivity contribution in [2.45, 2.75) is 20.7 Å². The average molecular weight is 392 g/mol. The maximum Gasteiger partial charge on any atom is 0.257 e. The Bertz CT molecular complexity index is 1730. The van der Waals surface area contributed by atoms with Crippen molar-refractivity contribution >= 4 is 43.5 Å². The lowest BCUT2D eigenvalue weighted by Crippen LogP contribution is -2.34. The molecule has 4 aromatic carbocycles. The fraction of sp³-hybridized carbons (Fsp3) is 0.107. The van der Waals surface area contributed by atoms with Crippen LogP contribution in [-0.4, -0.2) is 0 Å². The molecule has 2 aromatic heterocycles. The Morgan fingerprint density at radius 3 is 2.33 bits per heavy atom. The van der Waals surface area contributed by atoms with Crippen LogP contribution in [0.5, 0.6) is 0 Å². The standard InChI is InChI=1S/C28H22NO/c1-17-14-15-29(19(3)16-17)26-18(2)8-10-25-24-13-12-22-21-7-5-4-6-20(21)9-11-23(22)27(24)30-28(25)26/h4-16H,1-3H3/q+1/i1D3. The van der Waals surface area contributed by atoms with Gasteiger partial charge in [-0.1, -0.05) is 42.5 Å². The molecule has 0 aliphatic rings. The van der Waals surface area contributed by atoms with Crippen LogP contribution in [0.25, 0.3) is 49.2 Å². The first kappa shape index (κ1) is 14.4. The smallest absolute Gasteiger partial charge is 0.257 e. The second kappa shape index (κ2) is 6.17. The second-order valence-corrected chi connectivity index (χ2v) is 7.96. The molecule has 0 amide bonds. The van der Waals surface area contributed by atoms with Gasteiger partial charge in [0.1, 0.15) is 5.58 Å². The van der Waals surface area contributed by atoms with E-state index in [0.29, 0.717) is 5.56 Å².